The van der Waals surface area contributed by atoms with E-state index >= 15 is 0 Å². The molecule has 0 radical (unpaired) electrons. The second-order valence-electron chi connectivity index (χ2n) is 4.45. The maximum Gasteiger partial charge on any atom is 0.126 e. The average Bonchev–Trinajstić information content (AvgIpc) is 2.88. The van der Waals surface area contributed by atoms with E-state index in [9.17, 15) is 4.39 Å². The second kappa shape index (κ2) is 6.12. The van der Waals surface area contributed by atoms with Crippen LogP contribution in [0.2, 0.25) is 0 Å². The van der Waals surface area contributed by atoms with Crippen LogP contribution in [0.15, 0.2) is 35.0 Å². The van der Waals surface area contributed by atoms with E-state index in [1.165, 1.54) is 5.56 Å². The van der Waals surface area contributed by atoms with Crippen LogP contribution in [0.1, 0.15) is 36.1 Å². The lowest BCUT2D eigenvalue weighted by Gasteiger charge is -2.18. The molecule has 0 spiro atoms. The van der Waals surface area contributed by atoms with Crippen LogP contribution in [-0.2, 0) is 0 Å². The van der Waals surface area contributed by atoms with Crippen molar-refractivity contribution in [3.05, 3.63) is 57.5 Å². The molecule has 1 atom stereocenters. The van der Waals surface area contributed by atoms with E-state index in [1.54, 1.807) is 17.4 Å². The highest BCUT2D eigenvalue weighted by atomic mass is 32.1. The van der Waals surface area contributed by atoms with Gasteiger partial charge >= 0.3 is 0 Å². The Balaban J connectivity index is 2.30. The molecule has 18 heavy (non-hydrogen) atoms. The smallest absolute Gasteiger partial charge is 0.126 e. The van der Waals surface area contributed by atoms with Crippen molar-refractivity contribution in [2.45, 2.75) is 26.3 Å². The van der Waals surface area contributed by atoms with Crippen LogP contribution in [-0.4, -0.2) is 6.54 Å². The molecule has 0 saturated carbocycles. The SMILES string of the molecule is CCCNC(c1ccsc1)c1ccc(F)c(C)c1. The zero-order chi connectivity index (χ0) is 13.0. The van der Waals surface area contributed by atoms with Gasteiger partial charge in [0.1, 0.15) is 5.82 Å². The van der Waals surface area contributed by atoms with Gasteiger partial charge in [-0.1, -0.05) is 19.1 Å². The predicted octanol–water partition coefficient (Wildman–Crippen LogP) is 4.28. The van der Waals surface area contributed by atoms with Gasteiger partial charge in [-0.15, -0.1) is 0 Å². The predicted molar refractivity (Wildman–Crippen MR) is 75.6 cm³/mol. The van der Waals surface area contributed by atoms with Crippen molar-refractivity contribution >= 4 is 11.3 Å². The fourth-order valence-corrected chi connectivity index (χ4v) is 2.69. The summed E-state index contributed by atoms with van der Waals surface area (Å²) in [4.78, 5) is 0. The number of benzene rings is 1. The third kappa shape index (κ3) is 2.98. The number of halogens is 1. The second-order valence-corrected chi connectivity index (χ2v) is 5.23. The summed E-state index contributed by atoms with van der Waals surface area (Å²) in [6.07, 6.45) is 1.08. The first-order valence-corrected chi connectivity index (χ1v) is 7.18. The topological polar surface area (TPSA) is 12.0 Å². The van der Waals surface area contributed by atoms with Gasteiger partial charge in [-0.2, -0.15) is 11.3 Å². The number of aryl methyl sites for hydroxylation is 1. The van der Waals surface area contributed by atoms with E-state index in [1.807, 2.05) is 19.1 Å². The Morgan fingerprint density at radius 1 is 1.28 bits per heavy atom. The summed E-state index contributed by atoms with van der Waals surface area (Å²) in [6, 6.07) is 7.64. The van der Waals surface area contributed by atoms with E-state index in [4.69, 9.17) is 0 Å². The molecule has 96 valence electrons. The molecule has 0 saturated heterocycles. The first kappa shape index (κ1) is 13.2. The molecule has 2 aromatic rings. The largest absolute Gasteiger partial charge is 0.306 e. The van der Waals surface area contributed by atoms with Crippen molar-refractivity contribution in [2.75, 3.05) is 6.54 Å². The van der Waals surface area contributed by atoms with Gasteiger partial charge in [0.15, 0.2) is 0 Å². The molecule has 0 aliphatic heterocycles. The van der Waals surface area contributed by atoms with Crippen molar-refractivity contribution in [1.82, 2.24) is 5.32 Å². The first-order valence-electron chi connectivity index (χ1n) is 6.24. The Morgan fingerprint density at radius 3 is 2.72 bits per heavy atom. The van der Waals surface area contributed by atoms with Gasteiger partial charge in [0.05, 0.1) is 6.04 Å². The minimum atomic E-state index is -0.140. The van der Waals surface area contributed by atoms with Crippen LogP contribution < -0.4 is 5.32 Å². The summed E-state index contributed by atoms with van der Waals surface area (Å²) < 4.78 is 13.3. The van der Waals surface area contributed by atoms with Crippen molar-refractivity contribution in [3.63, 3.8) is 0 Å². The van der Waals surface area contributed by atoms with Gasteiger partial charge in [-0.05, 0) is 59.5 Å². The molecule has 1 unspecified atom stereocenters. The Kier molecular flexibility index (Phi) is 4.50. The van der Waals surface area contributed by atoms with Gasteiger partial charge in [0.2, 0.25) is 0 Å². The standard InChI is InChI=1S/C15H18FNS/c1-3-7-17-15(13-6-8-18-10-13)12-4-5-14(16)11(2)9-12/h4-6,8-10,15,17H,3,7H2,1-2H3. The third-order valence-corrected chi connectivity index (χ3v) is 3.69. The van der Waals surface area contributed by atoms with Crippen molar-refractivity contribution < 1.29 is 4.39 Å². The zero-order valence-corrected chi connectivity index (χ0v) is 11.6. The molecule has 3 heteroatoms. The van der Waals surface area contributed by atoms with E-state index in [2.05, 4.69) is 29.1 Å². The quantitative estimate of drug-likeness (QED) is 0.848. The van der Waals surface area contributed by atoms with E-state index in [0.29, 0.717) is 5.56 Å². The van der Waals surface area contributed by atoms with E-state index < -0.39 is 0 Å². The van der Waals surface area contributed by atoms with Crippen LogP contribution in [0, 0.1) is 12.7 Å². The highest BCUT2D eigenvalue weighted by Crippen LogP contribution is 2.25. The summed E-state index contributed by atoms with van der Waals surface area (Å²) in [5.74, 6) is -0.140. The van der Waals surface area contributed by atoms with Crippen LogP contribution in [0.25, 0.3) is 0 Å². The van der Waals surface area contributed by atoms with Gasteiger partial charge in [0.25, 0.3) is 0 Å². The van der Waals surface area contributed by atoms with Crippen LogP contribution in [0.5, 0.6) is 0 Å². The number of rotatable bonds is 5. The fourth-order valence-electron chi connectivity index (χ4n) is 2.00. The molecule has 1 nitrogen and oxygen atoms in total. The monoisotopic (exact) mass is 263 g/mol. The Bertz CT molecular complexity index is 493. The van der Waals surface area contributed by atoms with Crippen LogP contribution in [0.3, 0.4) is 0 Å². The Hall–Kier alpha value is -1.19. The third-order valence-electron chi connectivity index (χ3n) is 2.99. The van der Waals surface area contributed by atoms with Crippen LogP contribution >= 0.6 is 11.3 Å². The fraction of sp³-hybridized carbons (Fsp3) is 0.333. The van der Waals surface area contributed by atoms with E-state index in [0.717, 1.165) is 18.5 Å². The molecule has 0 bridgehead atoms. The lowest BCUT2D eigenvalue weighted by atomic mass is 9.99. The zero-order valence-electron chi connectivity index (χ0n) is 10.7. The molecule has 2 rings (SSSR count). The molecule has 0 fully saturated rings. The van der Waals surface area contributed by atoms with Gasteiger partial charge < -0.3 is 5.32 Å². The molecule has 0 aliphatic carbocycles. The minimum Gasteiger partial charge on any atom is -0.306 e. The molecule has 0 aliphatic rings. The maximum atomic E-state index is 13.3. The highest BCUT2D eigenvalue weighted by molar-refractivity contribution is 7.08. The van der Waals surface area contributed by atoms with E-state index in [-0.39, 0.29) is 11.9 Å². The summed E-state index contributed by atoms with van der Waals surface area (Å²) in [5.41, 5.74) is 3.08. The molecular weight excluding hydrogens is 245 g/mol. The lowest BCUT2D eigenvalue weighted by Crippen LogP contribution is -2.22. The van der Waals surface area contributed by atoms with Crippen molar-refractivity contribution in [3.8, 4) is 0 Å². The summed E-state index contributed by atoms with van der Waals surface area (Å²) in [6.45, 7) is 4.91. The Labute approximate surface area is 112 Å². The van der Waals surface area contributed by atoms with Gasteiger partial charge in [-0.3, -0.25) is 0 Å². The van der Waals surface area contributed by atoms with Crippen LogP contribution in [0.4, 0.5) is 4.39 Å². The number of hydrogen-bond acceptors (Lipinski definition) is 2. The average molecular weight is 263 g/mol. The molecular formula is C15H18FNS. The number of thiophene rings is 1. The highest BCUT2D eigenvalue weighted by Gasteiger charge is 2.14. The summed E-state index contributed by atoms with van der Waals surface area (Å²) in [7, 11) is 0. The van der Waals surface area contributed by atoms with Crippen molar-refractivity contribution in [1.29, 1.82) is 0 Å². The van der Waals surface area contributed by atoms with Gasteiger partial charge in [-0.25, -0.2) is 4.39 Å². The molecule has 1 aromatic heterocycles. The molecule has 1 aromatic carbocycles. The lowest BCUT2D eigenvalue weighted by molar-refractivity contribution is 0.591. The molecule has 0 amide bonds. The molecule has 1 heterocycles. The maximum absolute atomic E-state index is 13.3. The van der Waals surface area contributed by atoms with Crippen molar-refractivity contribution in [2.24, 2.45) is 0 Å². The minimum absolute atomic E-state index is 0.140. The first-order chi connectivity index (χ1) is 8.72. The number of nitrogens with one attached hydrogen (secondary N) is 1. The normalized spacial score (nSPS) is 12.6. The Morgan fingerprint density at radius 2 is 2.11 bits per heavy atom. The molecule has 1 N–H and O–H groups in total. The summed E-state index contributed by atoms with van der Waals surface area (Å²) >= 11 is 1.69. The van der Waals surface area contributed by atoms with Gasteiger partial charge in [0, 0.05) is 0 Å². The summed E-state index contributed by atoms with van der Waals surface area (Å²) in [5, 5.41) is 7.74. The number of hydrogen-bond donors (Lipinski definition) is 1.